The van der Waals surface area contributed by atoms with E-state index >= 15 is 0 Å². The number of hydrogen-bond donors (Lipinski definition) is 0. The highest BCUT2D eigenvalue weighted by Gasteiger charge is 2.16. The molecule has 0 unspecified atom stereocenters. The molecule has 0 radical (unpaired) electrons. The molecule has 0 aliphatic carbocycles. The van der Waals surface area contributed by atoms with Crippen LogP contribution in [0.1, 0.15) is 12.7 Å². The van der Waals surface area contributed by atoms with Crippen molar-refractivity contribution in [3.8, 4) is 22.8 Å². The van der Waals surface area contributed by atoms with Crippen molar-refractivity contribution >= 4 is 23.7 Å². The number of nitrogens with zero attached hydrogens (tertiary/aromatic N) is 5. The van der Waals surface area contributed by atoms with Crippen molar-refractivity contribution in [2.75, 3.05) is 6.61 Å². The summed E-state index contributed by atoms with van der Waals surface area (Å²) in [6.45, 7) is 2.52. The minimum Gasteiger partial charge on any atom is -0.494 e. The average Bonchev–Trinajstić information content (AvgIpc) is 3.43. The van der Waals surface area contributed by atoms with Gasteiger partial charge in [-0.2, -0.15) is 0 Å². The maximum Gasteiger partial charge on any atom is 0.433 e. The predicted octanol–water partition coefficient (Wildman–Crippen LogP) is 4.99. The number of benzene rings is 1. The Hall–Kier alpha value is -3.92. The van der Waals surface area contributed by atoms with E-state index in [9.17, 15) is 10.1 Å². The van der Waals surface area contributed by atoms with Crippen LogP contribution in [0.25, 0.3) is 23.2 Å². The first-order valence-electron chi connectivity index (χ1n) is 9.32. The lowest BCUT2D eigenvalue weighted by Crippen LogP contribution is -2.00. The molecule has 0 atom stereocenters. The van der Waals surface area contributed by atoms with Gasteiger partial charge in [0.25, 0.3) is 0 Å². The smallest absolute Gasteiger partial charge is 0.433 e. The van der Waals surface area contributed by atoms with E-state index in [4.69, 9.17) is 9.15 Å². The molecule has 0 saturated carbocycles. The van der Waals surface area contributed by atoms with Crippen LogP contribution in [-0.2, 0) is 0 Å². The Morgan fingerprint density at radius 1 is 1.13 bits per heavy atom. The number of pyridine rings is 1. The highest BCUT2D eigenvalue weighted by Crippen LogP contribution is 2.30. The summed E-state index contributed by atoms with van der Waals surface area (Å²) in [7, 11) is 0. The van der Waals surface area contributed by atoms with Crippen molar-refractivity contribution in [2.45, 2.75) is 12.1 Å². The van der Waals surface area contributed by atoms with Crippen LogP contribution in [0.4, 0.5) is 5.88 Å². The summed E-state index contributed by atoms with van der Waals surface area (Å²) < 4.78 is 12.6. The normalized spacial score (nSPS) is 11.1. The van der Waals surface area contributed by atoms with Crippen molar-refractivity contribution in [2.24, 2.45) is 0 Å². The summed E-state index contributed by atoms with van der Waals surface area (Å²) >= 11 is 1.32. The van der Waals surface area contributed by atoms with Crippen LogP contribution < -0.4 is 4.74 Å². The monoisotopic (exact) mass is 435 g/mol. The Kier molecular flexibility index (Phi) is 6.08. The van der Waals surface area contributed by atoms with E-state index in [-0.39, 0.29) is 5.88 Å². The third-order valence-electron chi connectivity index (χ3n) is 4.18. The van der Waals surface area contributed by atoms with Gasteiger partial charge in [0, 0.05) is 18.0 Å². The van der Waals surface area contributed by atoms with Gasteiger partial charge in [0.2, 0.25) is 0 Å². The zero-order valence-corrected chi connectivity index (χ0v) is 17.2. The van der Waals surface area contributed by atoms with Crippen LogP contribution in [-0.4, -0.2) is 31.3 Å². The van der Waals surface area contributed by atoms with Gasteiger partial charge in [0.15, 0.2) is 11.0 Å². The largest absolute Gasteiger partial charge is 0.494 e. The SMILES string of the molecule is CCOc1ccc(-n2c(S/C=C/c3ccc([N+](=O)[O-])o3)nnc2-c2ccncc2)cc1. The first-order chi connectivity index (χ1) is 15.2. The molecule has 0 N–H and O–H groups in total. The predicted molar refractivity (Wildman–Crippen MR) is 116 cm³/mol. The molecule has 0 aliphatic heterocycles. The van der Waals surface area contributed by atoms with Crippen LogP contribution in [0.5, 0.6) is 5.75 Å². The maximum atomic E-state index is 10.8. The average molecular weight is 435 g/mol. The molecule has 0 aliphatic rings. The molecule has 0 spiro atoms. The van der Waals surface area contributed by atoms with Gasteiger partial charge in [0.1, 0.15) is 16.4 Å². The number of aromatic nitrogens is 4. The van der Waals surface area contributed by atoms with E-state index in [1.54, 1.807) is 23.9 Å². The molecule has 156 valence electrons. The third-order valence-corrected chi connectivity index (χ3v) is 4.92. The molecule has 9 nitrogen and oxygen atoms in total. The van der Waals surface area contributed by atoms with E-state index in [0.29, 0.717) is 23.3 Å². The van der Waals surface area contributed by atoms with Gasteiger partial charge in [-0.25, -0.2) is 0 Å². The van der Waals surface area contributed by atoms with Crippen LogP contribution in [0.15, 0.2) is 75.9 Å². The summed E-state index contributed by atoms with van der Waals surface area (Å²) in [4.78, 5) is 14.2. The summed E-state index contributed by atoms with van der Waals surface area (Å²) in [5.41, 5.74) is 1.73. The standard InChI is InChI=1S/C21H17N5O4S/c1-2-29-17-5-3-16(4-6-17)25-20(15-9-12-22-13-10-15)23-24-21(25)31-14-11-18-7-8-19(30-18)26(27)28/h3-14H,2H2,1H3/b14-11+. The van der Waals surface area contributed by atoms with E-state index < -0.39 is 4.92 Å². The Balaban J connectivity index is 1.66. The molecule has 31 heavy (non-hydrogen) atoms. The molecule has 3 heterocycles. The van der Waals surface area contributed by atoms with E-state index in [0.717, 1.165) is 17.0 Å². The molecule has 0 saturated heterocycles. The molecule has 3 aromatic heterocycles. The maximum absolute atomic E-state index is 10.8. The van der Waals surface area contributed by atoms with Crippen molar-refractivity contribution in [1.29, 1.82) is 0 Å². The molecule has 10 heteroatoms. The zero-order valence-electron chi connectivity index (χ0n) is 16.4. The number of furan rings is 1. The Morgan fingerprint density at radius 3 is 2.58 bits per heavy atom. The van der Waals surface area contributed by atoms with Crippen LogP contribution in [0.2, 0.25) is 0 Å². The van der Waals surface area contributed by atoms with Gasteiger partial charge in [-0.1, -0.05) is 11.8 Å². The Labute approximate surface area is 181 Å². The van der Waals surface area contributed by atoms with E-state index in [2.05, 4.69) is 15.2 Å². The lowest BCUT2D eigenvalue weighted by molar-refractivity contribution is -0.402. The molecule has 0 amide bonds. The van der Waals surface area contributed by atoms with Crippen molar-refractivity contribution in [1.82, 2.24) is 19.7 Å². The molecule has 4 aromatic rings. The fraction of sp³-hybridized carbons (Fsp3) is 0.0952. The molecule has 4 rings (SSSR count). The molecular weight excluding hydrogens is 418 g/mol. The second-order valence-electron chi connectivity index (χ2n) is 6.16. The second-order valence-corrected chi connectivity index (χ2v) is 7.03. The van der Waals surface area contributed by atoms with Crippen molar-refractivity contribution in [3.63, 3.8) is 0 Å². The van der Waals surface area contributed by atoms with E-state index in [1.807, 2.05) is 47.9 Å². The Morgan fingerprint density at radius 2 is 1.90 bits per heavy atom. The lowest BCUT2D eigenvalue weighted by Gasteiger charge is -2.10. The summed E-state index contributed by atoms with van der Waals surface area (Å²) in [6.07, 6.45) is 5.03. The number of rotatable bonds is 8. The van der Waals surface area contributed by atoms with Gasteiger partial charge in [-0.05, 0) is 60.9 Å². The first-order valence-corrected chi connectivity index (χ1v) is 10.2. The van der Waals surface area contributed by atoms with Gasteiger partial charge in [-0.3, -0.25) is 19.7 Å². The zero-order chi connectivity index (χ0) is 21.6. The van der Waals surface area contributed by atoms with Crippen molar-refractivity contribution in [3.05, 3.63) is 82.2 Å². The first kappa shape index (κ1) is 20.4. The Bertz CT molecular complexity index is 1200. The third kappa shape index (κ3) is 4.64. The minimum absolute atomic E-state index is 0.304. The van der Waals surface area contributed by atoms with Gasteiger partial charge in [-0.15, -0.1) is 10.2 Å². The number of hydrogen-bond acceptors (Lipinski definition) is 8. The fourth-order valence-electron chi connectivity index (χ4n) is 2.82. The second kappa shape index (κ2) is 9.26. The van der Waals surface area contributed by atoms with Gasteiger partial charge < -0.3 is 9.15 Å². The van der Waals surface area contributed by atoms with Crippen LogP contribution >= 0.6 is 11.8 Å². The number of thioether (sulfide) groups is 1. The minimum atomic E-state index is -0.575. The summed E-state index contributed by atoms with van der Waals surface area (Å²) in [5, 5.41) is 21.8. The topological polar surface area (TPSA) is 109 Å². The van der Waals surface area contributed by atoms with Crippen LogP contribution in [0, 0.1) is 10.1 Å². The molecule has 1 aromatic carbocycles. The molecule has 0 bridgehead atoms. The molecular formula is C21H17N5O4S. The lowest BCUT2D eigenvalue weighted by atomic mass is 10.2. The van der Waals surface area contributed by atoms with E-state index in [1.165, 1.54) is 23.9 Å². The fourth-order valence-corrected chi connectivity index (χ4v) is 3.53. The molecule has 0 fully saturated rings. The van der Waals surface area contributed by atoms with Crippen LogP contribution in [0.3, 0.4) is 0 Å². The van der Waals surface area contributed by atoms with Gasteiger partial charge >= 0.3 is 5.88 Å². The number of ether oxygens (including phenoxy) is 1. The summed E-state index contributed by atoms with van der Waals surface area (Å²) in [5.74, 6) is 1.51. The highest BCUT2D eigenvalue weighted by molar-refractivity contribution is 8.02. The number of nitro groups is 1. The van der Waals surface area contributed by atoms with Crippen molar-refractivity contribution < 1.29 is 14.1 Å². The van der Waals surface area contributed by atoms with Gasteiger partial charge in [0.05, 0.1) is 18.4 Å². The summed E-state index contributed by atoms with van der Waals surface area (Å²) in [6, 6.07) is 14.2. The highest BCUT2D eigenvalue weighted by atomic mass is 32.2. The quantitative estimate of drug-likeness (QED) is 0.216.